The van der Waals surface area contributed by atoms with Crippen LogP contribution in [0.2, 0.25) is 0 Å². The van der Waals surface area contributed by atoms with E-state index >= 15 is 0 Å². The molecule has 1 aromatic heterocycles. The van der Waals surface area contributed by atoms with E-state index in [1.165, 1.54) is 11.3 Å². The smallest absolute Gasteiger partial charge is 0.220 e. The molecule has 1 aliphatic heterocycles. The molecule has 0 radical (unpaired) electrons. The number of nitrogens with zero attached hydrogens (tertiary/aromatic N) is 2. The Bertz CT molecular complexity index is 966. The zero-order valence-electron chi connectivity index (χ0n) is 19.3. The van der Waals surface area contributed by atoms with E-state index in [-0.39, 0.29) is 11.9 Å². The van der Waals surface area contributed by atoms with Gasteiger partial charge in [-0.15, -0.1) is 0 Å². The molecular formula is C27H33N3O3. The standard InChI is InChI=1S/C27H33N3O3/c1-32-24-14-12-23(13-15-24)29-16-18-30(19-17-29)25(26-10-6-20-33-26)21-28-27(31)11-5-9-22-7-3-2-4-8-22/h2-4,6-8,10,12-15,20,25H,5,9,11,16-19,21H2,1H3,(H,28,31). The fourth-order valence-electron chi connectivity index (χ4n) is 4.37. The number of carbonyl (C=O) groups excluding carboxylic acids is 1. The number of amides is 1. The van der Waals surface area contributed by atoms with Crippen LogP contribution in [0.3, 0.4) is 0 Å². The molecule has 4 rings (SSSR count). The Hall–Kier alpha value is -3.25. The minimum Gasteiger partial charge on any atom is -0.497 e. The van der Waals surface area contributed by atoms with Gasteiger partial charge in [-0.1, -0.05) is 30.3 Å². The van der Waals surface area contributed by atoms with Crippen LogP contribution in [0.4, 0.5) is 5.69 Å². The molecule has 0 aliphatic carbocycles. The van der Waals surface area contributed by atoms with Crippen molar-refractivity contribution >= 4 is 11.6 Å². The molecule has 0 bridgehead atoms. The van der Waals surface area contributed by atoms with Gasteiger partial charge in [0.25, 0.3) is 0 Å². The normalized spacial score (nSPS) is 15.2. The van der Waals surface area contributed by atoms with Crippen LogP contribution in [0.25, 0.3) is 0 Å². The van der Waals surface area contributed by atoms with Crippen LogP contribution in [-0.2, 0) is 11.2 Å². The van der Waals surface area contributed by atoms with Crippen molar-refractivity contribution in [2.24, 2.45) is 0 Å². The number of carbonyl (C=O) groups is 1. The number of benzene rings is 2. The number of furan rings is 1. The predicted octanol–water partition coefficient (Wildman–Crippen LogP) is 4.29. The summed E-state index contributed by atoms with van der Waals surface area (Å²) in [4.78, 5) is 17.3. The molecule has 1 atom stereocenters. The second-order valence-electron chi connectivity index (χ2n) is 8.40. The number of hydrogen-bond donors (Lipinski definition) is 1. The van der Waals surface area contributed by atoms with E-state index in [4.69, 9.17) is 9.15 Å². The van der Waals surface area contributed by atoms with Crippen LogP contribution in [0.15, 0.2) is 77.4 Å². The van der Waals surface area contributed by atoms with Crippen LogP contribution in [-0.4, -0.2) is 50.6 Å². The molecule has 1 unspecified atom stereocenters. The number of rotatable bonds is 10. The maximum Gasteiger partial charge on any atom is 0.220 e. The zero-order valence-corrected chi connectivity index (χ0v) is 19.3. The Balaban J connectivity index is 1.28. The second-order valence-corrected chi connectivity index (χ2v) is 8.40. The summed E-state index contributed by atoms with van der Waals surface area (Å²) in [6.07, 6.45) is 4.01. The summed E-state index contributed by atoms with van der Waals surface area (Å²) < 4.78 is 11.0. The van der Waals surface area contributed by atoms with E-state index < -0.39 is 0 Å². The fraction of sp³-hybridized carbons (Fsp3) is 0.370. The third-order valence-electron chi connectivity index (χ3n) is 6.27. The van der Waals surface area contributed by atoms with Crippen molar-refractivity contribution in [3.8, 4) is 5.75 Å². The lowest BCUT2D eigenvalue weighted by atomic mass is 10.1. The first-order chi connectivity index (χ1) is 16.2. The van der Waals surface area contributed by atoms with Crippen molar-refractivity contribution in [1.82, 2.24) is 10.2 Å². The van der Waals surface area contributed by atoms with Crippen LogP contribution in [0.5, 0.6) is 5.75 Å². The maximum absolute atomic E-state index is 12.5. The third-order valence-corrected chi connectivity index (χ3v) is 6.27. The van der Waals surface area contributed by atoms with Gasteiger partial charge in [-0.3, -0.25) is 9.69 Å². The molecule has 6 nitrogen and oxygen atoms in total. The van der Waals surface area contributed by atoms with E-state index in [9.17, 15) is 4.79 Å². The SMILES string of the molecule is COc1ccc(N2CCN(C(CNC(=O)CCCc3ccccc3)c3ccco3)CC2)cc1. The molecule has 174 valence electrons. The van der Waals surface area contributed by atoms with Crippen molar-refractivity contribution in [2.75, 3.05) is 44.7 Å². The number of nitrogens with one attached hydrogen (secondary N) is 1. The highest BCUT2D eigenvalue weighted by Crippen LogP contribution is 2.25. The van der Waals surface area contributed by atoms with Gasteiger partial charge < -0.3 is 19.4 Å². The number of methoxy groups -OCH3 is 1. The Labute approximate surface area is 196 Å². The van der Waals surface area contributed by atoms with Gasteiger partial charge in [0.15, 0.2) is 0 Å². The van der Waals surface area contributed by atoms with Gasteiger partial charge in [0, 0.05) is 44.8 Å². The van der Waals surface area contributed by atoms with Crippen LogP contribution >= 0.6 is 0 Å². The third kappa shape index (κ3) is 6.39. The van der Waals surface area contributed by atoms with E-state index in [1.807, 2.05) is 42.5 Å². The quantitative estimate of drug-likeness (QED) is 0.502. The van der Waals surface area contributed by atoms with Crippen molar-refractivity contribution in [2.45, 2.75) is 25.3 Å². The van der Waals surface area contributed by atoms with Gasteiger partial charge in [0.2, 0.25) is 5.91 Å². The second kappa shape index (κ2) is 11.6. The number of anilines is 1. The molecule has 0 spiro atoms. The predicted molar refractivity (Wildman–Crippen MR) is 131 cm³/mol. The molecule has 1 aliphatic rings. The first-order valence-electron chi connectivity index (χ1n) is 11.7. The minimum atomic E-state index is 0.0380. The molecule has 1 fully saturated rings. The number of aryl methyl sites for hydroxylation is 1. The van der Waals surface area contributed by atoms with E-state index in [2.05, 4.69) is 39.4 Å². The number of ether oxygens (including phenoxy) is 1. The lowest BCUT2D eigenvalue weighted by Crippen LogP contribution is -2.49. The van der Waals surface area contributed by atoms with Gasteiger partial charge in [0.1, 0.15) is 11.5 Å². The van der Waals surface area contributed by atoms with E-state index in [0.29, 0.717) is 13.0 Å². The molecule has 3 aromatic rings. The van der Waals surface area contributed by atoms with Gasteiger partial charge >= 0.3 is 0 Å². The van der Waals surface area contributed by atoms with Gasteiger partial charge in [-0.25, -0.2) is 0 Å². The zero-order chi connectivity index (χ0) is 22.9. The average molecular weight is 448 g/mol. The summed E-state index contributed by atoms with van der Waals surface area (Å²) in [7, 11) is 1.69. The highest BCUT2D eigenvalue weighted by atomic mass is 16.5. The summed E-state index contributed by atoms with van der Waals surface area (Å²) in [5.74, 6) is 1.87. The van der Waals surface area contributed by atoms with E-state index in [1.54, 1.807) is 13.4 Å². The van der Waals surface area contributed by atoms with Crippen LogP contribution in [0.1, 0.15) is 30.2 Å². The van der Waals surface area contributed by atoms with Crippen molar-refractivity contribution in [3.63, 3.8) is 0 Å². The van der Waals surface area contributed by atoms with Crippen LogP contribution < -0.4 is 15.0 Å². The minimum absolute atomic E-state index is 0.0380. The highest BCUT2D eigenvalue weighted by Gasteiger charge is 2.27. The molecule has 1 N–H and O–H groups in total. The van der Waals surface area contributed by atoms with Crippen molar-refractivity contribution < 1.29 is 13.9 Å². The molecule has 1 amide bonds. The molecule has 33 heavy (non-hydrogen) atoms. The lowest BCUT2D eigenvalue weighted by Gasteiger charge is -2.39. The first kappa shape index (κ1) is 22.9. The first-order valence-corrected chi connectivity index (χ1v) is 11.7. The van der Waals surface area contributed by atoms with Crippen LogP contribution in [0, 0.1) is 0 Å². The number of hydrogen-bond acceptors (Lipinski definition) is 5. The maximum atomic E-state index is 12.5. The van der Waals surface area contributed by atoms with Crippen molar-refractivity contribution in [1.29, 1.82) is 0 Å². The summed E-state index contributed by atoms with van der Waals surface area (Å²) in [5, 5.41) is 3.14. The van der Waals surface area contributed by atoms with Gasteiger partial charge in [-0.05, 0) is 54.8 Å². The number of piperazine rings is 1. The summed E-state index contributed by atoms with van der Waals surface area (Å²) in [6.45, 7) is 4.21. The summed E-state index contributed by atoms with van der Waals surface area (Å²) >= 11 is 0. The molecule has 0 saturated carbocycles. The lowest BCUT2D eigenvalue weighted by molar-refractivity contribution is -0.121. The van der Waals surface area contributed by atoms with Gasteiger partial charge in [-0.2, -0.15) is 0 Å². The molecule has 6 heteroatoms. The Kier molecular flexibility index (Phi) is 8.04. The molecular weight excluding hydrogens is 414 g/mol. The topological polar surface area (TPSA) is 58.0 Å². The fourth-order valence-corrected chi connectivity index (χ4v) is 4.37. The molecule has 2 aromatic carbocycles. The summed E-state index contributed by atoms with van der Waals surface area (Å²) in [5.41, 5.74) is 2.48. The highest BCUT2D eigenvalue weighted by molar-refractivity contribution is 5.75. The summed E-state index contributed by atoms with van der Waals surface area (Å²) in [6, 6.07) is 22.5. The Morgan fingerprint density at radius 3 is 2.42 bits per heavy atom. The van der Waals surface area contributed by atoms with Crippen molar-refractivity contribution in [3.05, 3.63) is 84.3 Å². The Morgan fingerprint density at radius 1 is 1.00 bits per heavy atom. The molecule has 1 saturated heterocycles. The monoisotopic (exact) mass is 447 g/mol. The van der Waals surface area contributed by atoms with Gasteiger partial charge in [0.05, 0.1) is 19.4 Å². The van der Waals surface area contributed by atoms with E-state index in [0.717, 1.165) is 50.5 Å². The largest absolute Gasteiger partial charge is 0.497 e. The molecule has 2 heterocycles. The average Bonchev–Trinajstić information content (AvgIpc) is 3.40. The Morgan fingerprint density at radius 2 is 1.76 bits per heavy atom.